The smallest absolute Gasteiger partial charge is 0.241 e. The molecule has 0 aliphatic carbocycles. The van der Waals surface area contributed by atoms with Crippen LogP contribution in [0.5, 0.6) is 0 Å². The Balaban J connectivity index is 1.64. The molecule has 2 aliphatic rings. The van der Waals surface area contributed by atoms with Gasteiger partial charge < -0.3 is 15.4 Å². The van der Waals surface area contributed by atoms with Crippen LogP contribution in [0.3, 0.4) is 0 Å². The van der Waals surface area contributed by atoms with E-state index in [0.717, 1.165) is 17.5 Å². The van der Waals surface area contributed by atoms with Crippen molar-refractivity contribution in [2.45, 2.75) is 37.5 Å². The summed E-state index contributed by atoms with van der Waals surface area (Å²) in [6.07, 6.45) is 0.861. The van der Waals surface area contributed by atoms with Crippen molar-refractivity contribution in [3.63, 3.8) is 0 Å². The molecule has 1 aromatic carbocycles. The summed E-state index contributed by atoms with van der Waals surface area (Å²) in [5.41, 5.74) is 7.54. The maximum atomic E-state index is 12.4. The zero-order valence-electron chi connectivity index (χ0n) is 13.7. The van der Waals surface area contributed by atoms with Gasteiger partial charge in [-0.15, -0.1) is 0 Å². The third kappa shape index (κ3) is 3.46. The van der Waals surface area contributed by atoms with Gasteiger partial charge in [0.25, 0.3) is 0 Å². The number of carbonyl (C=O) groups is 1. The van der Waals surface area contributed by atoms with E-state index in [1.54, 1.807) is 23.1 Å². The summed E-state index contributed by atoms with van der Waals surface area (Å²) in [5, 5.41) is 0. The van der Waals surface area contributed by atoms with E-state index in [1.807, 2.05) is 6.92 Å². The maximum absolute atomic E-state index is 12.4. The second-order valence-electron chi connectivity index (χ2n) is 6.48. The summed E-state index contributed by atoms with van der Waals surface area (Å²) < 4.78 is 32.5. The average Bonchev–Trinajstić information content (AvgIpc) is 3.18. The quantitative estimate of drug-likeness (QED) is 0.787. The van der Waals surface area contributed by atoms with E-state index < -0.39 is 10.0 Å². The molecule has 0 bridgehead atoms. The lowest BCUT2D eigenvalue weighted by atomic mass is 10.1. The summed E-state index contributed by atoms with van der Waals surface area (Å²) in [7, 11) is -3.72. The summed E-state index contributed by atoms with van der Waals surface area (Å²) >= 11 is 0. The zero-order valence-corrected chi connectivity index (χ0v) is 14.5. The molecule has 1 amide bonds. The van der Waals surface area contributed by atoms with Crippen molar-refractivity contribution in [3.05, 3.63) is 29.3 Å². The van der Waals surface area contributed by atoms with Crippen LogP contribution >= 0.6 is 0 Å². The normalized spacial score (nSPS) is 23.5. The molecular weight excluding hydrogens is 330 g/mol. The van der Waals surface area contributed by atoms with E-state index in [1.165, 1.54) is 0 Å². The van der Waals surface area contributed by atoms with Crippen LogP contribution in [0, 0.1) is 5.92 Å². The Morgan fingerprint density at radius 3 is 2.83 bits per heavy atom. The standard InChI is InChI=1S/C16H23N3O4S/c1-11-4-12(6-17)8-19(11)16(20)7-18-24(21,22)15-3-2-13-9-23-10-14(13)5-15/h2-3,5,11-12,18H,4,6-10,17H2,1H3. The van der Waals surface area contributed by atoms with Gasteiger partial charge in [0.1, 0.15) is 0 Å². The second kappa shape index (κ2) is 6.79. The van der Waals surface area contributed by atoms with Crippen LogP contribution in [0.25, 0.3) is 0 Å². The lowest BCUT2D eigenvalue weighted by molar-refractivity contribution is -0.130. The monoisotopic (exact) mass is 353 g/mol. The van der Waals surface area contributed by atoms with Crippen molar-refractivity contribution in [2.75, 3.05) is 19.6 Å². The molecule has 132 valence electrons. The Morgan fingerprint density at radius 1 is 1.38 bits per heavy atom. The van der Waals surface area contributed by atoms with Gasteiger partial charge in [0.05, 0.1) is 24.7 Å². The maximum Gasteiger partial charge on any atom is 0.241 e. The number of carbonyl (C=O) groups excluding carboxylic acids is 1. The molecule has 24 heavy (non-hydrogen) atoms. The summed E-state index contributed by atoms with van der Waals surface area (Å²) in [5.74, 6) is 0.0730. The molecule has 2 heterocycles. The summed E-state index contributed by atoms with van der Waals surface area (Å²) in [4.78, 5) is 14.2. The van der Waals surface area contributed by atoms with Gasteiger partial charge in [-0.1, -0.05) is 6.07 Å². The van der Waals surface area contributed by atoms with Crippen molar-refractivity contribution in [3.8, 4) is 0 Å². The fraction of sp³-hybridized carbons (Fsp3) is 0.562. The summed E-state index contributed by atoms with van der Waals surface area (Å²) in [6, 6.07) is 5.00. The minimum Gasteiger partial charge on any atom is -0.372 e. The number of ether oxygens (including phenoxy) is 1. The molecule has 1 saturated heterocycles. The minimum absolute atomic E-state index is 0.0905. The first-order valence-corrected chi connectivity index (χ1v) is 9.58. The molecule has 3 N–H and O–H groups in total. The van der Waals surface area contributed by atoms with Crippen LogP contribution < -0.4 is 10.5 Å². The number of nitrogens with one attached hydrogen (secondary N) is 1. The number of likely N-dealkylation sites (tertiary alicyclic amines) is 1. The lowest BCUT2D eigenvalue weighted by Gasteiger charge is -2.21. The van der Waals surface area contributed by atoms with Crippen molar-refractivity contribution in [1.29, 1.82) is 0 Å². The lowest BCUT2D eigenvalue weighted by Crippen LogP contribution is -2.42. The fourth-order valence-corrected chi connectivity index (χ4v) is 4.34. The van der Waals surface area contributed by atoms with E-state index in [9.17, 15) is 13.2 Å². The molecule has 0 saturated carbocycles. The summed E-state index contributed by atoms with van der Waals surface area (Å²) in [6.45, 7) is 3.78. The second-order valence-corrected chi connectivity index (χ2v) is 8.25. The van der Waals surface area contributed by atoms with Crippen molar-refractivity contribution in [1.82, 2.24) is 9.62 Å². The number of fused-ring (bicyclic) bond motifs is 1. The Bertz CT molecular complexity index is 735. The van der Waals surface area contributed by atoms with Crippen LogP contribution in [0.2, 0.25) is 0 Å². The highest BCUT2D eigenvalue weighted by Crippen LogP contribution is 2.24. The average molecular weight is 353 g/mol. The molecule has 1 aromatic rings. The Kier molecular flexibility index (Phi) is 4.91. The first-order chi connectivity index (χ1) is 11.4. The van der Waals surface area contributed by atoms with Gasteiger partial charge in [0, 0.05) is 12.6 Å². The molecular formula is C16H23N3O4S. The van der Waals surface area contributed by atoms with E-state index in [0.29, 0.717) is 26.3 Å². The molecule has 3 rings (SSSR count). The highest BCUT2D eigenvalue weighted by Gasteiger charge is 2.32. The number of hydrogen-bond donors (Lipinski definition) is 2. The van der Waals surface area contributed by atoms with Crippen molar-refractivity contribution >= 4 is 15.9 Å². The van der Waals surface area contributed by atoms with E-state index in [-0.39, 0.29) is 29.3 Å². The molecule has 2 aliphatic heterocycles. The van der Waals surface area contributed by atoms with Crippen LogP contribution in [0.15, 0.2) is 23.1 Å². The SMILES string of the molecule is CC1CC(CN)CN1C(=O)CNS(=O)(=O)c1ccc2c(c1)COC2. The van der Waals surface area contributed by atoms with Crippen molar-refractivity contribution < 1.29 is 17.9 Å². The first kappa shape index (κ1) is 17.3. The number of nitrogens with two attached hydrogens (primary N) is 1. The molecule has 8 heteroatoms. The molecule has 0 radical (unpaired) electrons. The van der Waals surface area contributed by atoms with Gasteiger partial charge in [0.15, 0.2) is 0 Å². The number of nitrogens with zero attached hydrogens (tertiary/aromatic N) is 1. The number of rotatable bonds is 5. The third-order valence-corrected chi connectivity index (χ3v) is 6.13. The van der Waals surface area contributed by atoms with Crippen LogP contribution in [-0.2, 0) is 32.8 Å². The van der Waals surface area contributed by atoms with Gasteiger partial charge >= 0.3 is 0 Å². The van der Waals surface area contributed by atoms with E-state index >= 15 is 0 Å². The van der Waals surface area contributed by atoms with Crippen molar-refractivity contribution in [2.24, 2.45) is 11.7 Å². The highest BCUT2D eigenvalue weighted by molar-refractivity contribution is 7.89. The van der Waals surface area contributed by atoms with Gasteiger partial charge in [-0.05, 0) is 49.1 Å². The molecule has 7 nitrogen and oxygen atoms in total. The third-order valence-electron chi connectivity index (χ3n) is 4.73. The van der Waals surface area contributed by atoms with Crippen LogP contribution in [0.4, 0.5) is 0 Å². The Hall–Kier alpha value is -1.48. The molecule has 0 spiro atoms. The predicted molar refractivity (Wildman–Crippen MR) is 88.5 cm³/mol. The highest BCUT2D eigenvalue weighted by atomic mass is 32.2. The number of sulfonamides is 1. The minimum atomic E-state index is -3.72. The number of hydrogen-bond acceptors (Lipinski definition) is 5. The number of benzene rings is 1. The zero-order chi connectivity index (χ0) is 17.3. The fourth-order valence-electron chi connectivity index (χ4n) is 3.32. The van der Waals surface area contributed by atoms with Gasteiger partial charge in [-0.25, -0.2) is 13.1 Å². The molecule has 2 atom stereocenters. The van der Waals surface area contributed by atoms with Crippen LogP contribution in [-0.4, -0.2) is 44.9 Å². The van der Waals surface area contributed by atoms with E-state index in [4.69, 9.17) is 10.5 Å². The van der Waals surface area contributed by atoms with Gasteiger partial charge in [-0.3, -0.25) is 4.79 Å². The molecule has 2 unspecified atom stereocenters. The number of amides is 1. The predicted octanol–water partition coefficient (Wildman–Crippen LogP) is 0.191. The van der Waals surface area contributed by atoms with Gasteiger partial charge in [0.2, 0.25) is 15.9 Å². The molecule has 1 fully saturated rings. The van der Waals surface area contributed by atoms with E-state index in [2.05, 4.69) is 4.72 Å². The Morgan fingerprint density at radius 2 is 2.12 bits per heavy atom. The molecule has 0 aromatic heterocycles. The Labute approximate surface area is 142 Å². The van der Waals surface area contributed by atoms with Crippen LogP contribution in [0.1, 0.15) is 24.5 Å². The topological polar surface area (TPSA) is 102 Å². The largest absolute Gasteiger partial charge is 0.372 e. The first-order valence-electron chi connectivity index (χ1n) is 8.09. The van der Waals surface area contributed by atoms with Gasteiger partial charge in [-0.2, -0.15) is 0 Å².